The Morgan fingerprint density at radius 3 is 2.86 bits per heavy atom. The first-order valence-corrected chi connectivity index (χ1v) is 5.49. The highest BCUT2D eigenvalue weighted by Crippen LogP contribution is 2.17. The van der Waals surface area contributed by atoms with Gasteiger partial charge in [-0.25, -0.2) is 9.97 Å². The molecule has 2 heterocycles. The first-order valence-electron chi connectivity index (χ1n) is 3.93. The van der Waals surface area contributed by atoms with E-state index >= 15 is 0 Å². The van der Waals surface area contributed by atoms with E-state index in [1.54, 1.807) is 6.20 Å². The van der Waals surface area contributed by atoms with Crippen LogP contribution >= 0.6 is 27.5 Å². The summed E-state index contributed by atoms with van der Waals surface area (Å²) >= 11 is 4.64. The summed E-state index contributed by atoms with van der Waals surface area (Å²) in [6.45, 7) is 1.86. The minimum absolute atomic E-state index is 0.761. The number of halogens is 1. The summed E-state index contributed by atoms with van der Waals surface area (Å²) in [5, 5.41) is 3.83. The van der Waals surface area contributed by atoms with Crippen molar-refractivity contribution in [1.82, 2.24) is 14.3 Å². The van der Waals surface area contributed by atoms with E-state index in [9.17, 15) is 0 Å². The number of rotatable bonds is 2. The van der Waals surface area contributed by atoms with Crippen molar-refractivity contribution < 1.29 is 0 Å². The number of aryl methyl sites for hydroxylation is 1. The lowest BCUT2D eigenvalue weighted by atomic mass is 10.5. The largest absolute Gasteiger partial charge is 0.315 e. The van der Waals surface area contributed by atoms with Gasteiger partial charge in [-0.2, -0.15) is 4.37 Å². The fourth-order valence-electron chi connectivity index (χ4n) is 0.907. The molecule has 14 heavy (non-hydrogen) atoms. The molecule has 0 spiro atoms. The van der Waals surface area contributed by atoms with Gasteiger partial charge in [-0.1, -0.05) is 0 Å². The SMILES string of the molecule is Cc1nsc(Nc2ccc(Br)cn2)n1. The maximum atomic E-state index is 4.17. The molecule has 0 saturated heterocycles. The molecule has 0 bridgehead atoms. The molecule has 1 N–H and O–H groups in total. The van der Waals surface area contributed by atoms with Crippen molar-refractivity contribution in [2.75, 3.05) is 5.32 Å². The molecule has 0 radical (unpaired) electrons. The molecule has 4 nitrogen and oxygen atoms in total. The van der Waals surface area contributed by atoms with Crippen LogP contribution in [0.5, 0.6) is 0 Å². The number of hydrogen-bond donors (Lipinski definition) is 1. The Labute approximate surface area is 93.7 Å². The Balaban J connectivity index is 2.15. The smallest absolute Gasteiger partial charge is 0.208 e. The summed E-state index contributed by atoms with van der Waals surface area (Å²) < 4.78 is 5.02. The zero-order valence-electron chi connectivity index (χ0n) is 7.36. The Bertz CT molecular complexity index is 425. The van der Waals surface area contributed by atoms with Gasteiger partial charge in [-0.3, -0.25) is 0 Å². The second-order valence-corrected chi connectivity index (χ2v) is 4.30. The Morgan fingerprint density at radius 1 is 1.43 bits per heavy atom. The van der Waals surface area contributed by atoms with Gasteiger partial charge in [-0.05, 0) is 35.0 Å². The van der Waals surface area contributed by atoms with Crippen LogP contribution in [0.15, 0.2) is 22.8 Å². The summed E-state index contributed by atoms with van der Waals surface area (Å²) in [4.78, 5) is 8.34. The summed E-state index contributed by atoms with van der Waals surface area (Å²) in [7, 11) is 0. The number of hydrogen-bond acceptors (Lipinski definition) is 5. The van der Waals surface area contributed by atoms with E-state index in [2.05, 4.69) is 35.6 Å². The van der Waals surface area contributed by atoms with Crippen molar-refractivity contribution in [3.63, 3.8) is 0 Å². The lowest BCUT2D eigenvalue weighted by Crippen LogP contribution is -1.91. The molecule has 2 aromatic rings. The van der Waals surface area contributed by atoms with Crippen LogP contribution in [0.4, 0.5) is 10.9 Å². The van der Waals surface area contributed by atoms with Crippen molar-refractivity contribution in [2.24, 2.45) is 0 Å². The summed E-state index contributed by atoms with van der Waals surface area (Å²) in [6, 6.07) is 3.80. The Hall–Kier alpha value is -1.01. The van der Waals surface area contributed by atoms with Crippen LogP contribution in [0, 0.1) is 6.92 Å². The quantitative estimate of drug-likeness (QED) is 0.912. The van der Waals surface area contributed by atoms with Gasteiger partial charge >= 0.3 is 0 Å². The van der Waals surface area contributed by atoms with Crippen molar-refractivity contribution in [3.8, 4) is 0 Å². The second kappa shape index (κ2) is 4.02. The molecule has 0 atom stereocenters. The lowest BCUT2D eigenvalue weighted by molar-refractivity contribution is 1.16. The van der Waals surface area contributed by atoms with Gasteiger partial charge in [0.1, 0.15) is 11.6 Å². The zero-order chi connectivity index (χ0) is 9.97. The topological polar surface area (TPSA) is 50.7 Å². The van der Waals surface area contributed by atoms with E-state index < -0.39 is 0 Å². The molecule has 2 rings (SSSR count). The van der Waals surface area contributed by atoms with E-state index in [0.29, 0.717) is 0 Å². The minimum atomic E-state index is 0.761. The summed E-state index contributed by atoms with van der Waals surface area (Å²) in [5.74, 6) is 1.54. The molecule has 72 valence electrons. The number of aromatic nitrogens is 3. The van der Waals surface area contributed by atoms with Crippen LogP contribution < -0.4 is 5.32 Å². The molecule has 0 fully saturated rings. The third-order valence-electron chi connectivity index (χ3n) is 1.49. The standard InChI is InChI=1S/C8H7BrN4S/c1-5-11-8(14-13-5)12-7-3-2-6(9)4-10-7/h2-4H,1H3,(H,10,11,12,13). The molecule has 2 aromatic heterocycles. The van der Waals surface area contributed by atoms with E-state index in [4.69, 9.17) is 0 Å². The molecule has 6 heteroatoms. The monoisotopic (exact) mass is 270 g/mol. The van der Waals surface area contributed by atoms with Crippen LogP contribution in [0.2, 0.25) is 0 Å². The van der Waals surface area contributed by atoms with E-state index in [0.717, 1.165) is 21.2 Å². The van der Waals surface area contributed by atoms with E-state index in [1.807, 2.05) is 19.1 Å². The van der Waals surface area contributed by atoms with Crippen molar-refractivity contribution >= 4 is 38.4 Å². The third kappa shape index (κ3) is 2.27. The normalized spacial score (nSPS) is 10.1. The number of nitrogens with one attached hydrogen (secondary N) is 1. The highest BCUT2D eigenvalue weighted by molar-refractivity contribution is 9.10. The fraction of sp³-hybridized carbons (Fsp3) is 0.125. The predicted molar refractivity (Wildman–Crippen MR) is 59.9 cm³/mol. The highest BCUT2D eigenvalue weighted by atomic mass is 79.9. The predicted octanol–water partition coefficient (Wildman–Crippen LogP) is 2.75. The molecule has 0 aromatic carbocycles. The Kier molecular flexibility index (Phi) is 2.74. The molecule has 0 saturated carbocycles. The van der Waals surface area contributed by atoms with E-state index in [1.165, 1.54) is 11.5 Å². The molecular weight excluding hydrogens is 264 g/mol. The summed E-state index contributed by atoms with van der Waals surface area (Å²) in [6.07, 6.45) is 1.73. The zero-order valence-corrected chi connectivity index (χ0v) is 9.76. The van der Waals surface area contributed by atoms with Crippen molar-refractivity contribution in [3.05, 3.63) is 28.6 Å². The number of pyridine rings is 1. The van der Waals surface area contributed by atoms with Crippen LogP contribution in [-0.4, -0.2) is 14.3 Å². The first-order chi connectivity index (χ1) is 6.74. The van der Waals surface area contributed by atoms with Crippen LogP contribution in [0.1, 0.15) is 5.82 Å². The van der Waals surface area contributed by atoms with Crippen LogP contribution in [0.3, 0.4) is 0 Å². The molecular formula is C8H7BrN4S. The van der Waals surface area contributed by atoms with Crippen LogP contribution in [0.25, 0.3) is 0 Å². The molecule has 0 aliphatic carbocycles. The minimum Gasteiger partial charge on any atom is -0.315 e. The van der Waals surface area contributed by atoms with Crippen LogP contribution in [-0.2, 0) is 0 Å². The van der Waals surface area contributed by atoms with E-state index in [-0.39, 0.29) is 0 Å². The highest BCUT2D eigenvalue weighted by Gasteiger charge is 2.00. The van der Waals surface area contributed by atoms with Gasteiger partial charge in [0.2, 0.25) is 5.13 Å². The van der Waals surface area contributed by atoms with Gasteiger partial charge in [0.25, 0.3) is 0 Å². The third-order valence-corrected chi connectivity index (χ3v) is 2.68. The van der Waals surface area contributed by atoms with Gasteiger partial charge in [0.05, 0.1) is 0 Å². The maximum absolute atomic E-state index is 4.17. The first kappa shape index (κ1) is 9.54. The van der Waals surface area contributed by atoms with Gasteiger partial charge in [0.15, 0.2) is 0 Å². The van der Waals surface area contributed by atoms with Crippen molar-refractivity contribution in [1.29, 1.82) is 0 Å². The average Bonchev–Trinajstić information content (AvgIpc) is 2.56. The number of nitrogens with zero attached hydrogens (tertiary/aromatic N) is 3. The number of anilines is 2. The lowest BCUT2D eigenvalue weighted by Gasteiger charge is -1.99. The fourth-order valence-corrected chi connectivity index (χ4v) is 1.72. The Morgan fingerprint density at radius 2 is 2.29 bits per heavy atom. The average molecular weight is 271 g/mol. The summed E-state index contributed by atoms with van der Waals surface area (Å²) in [5.41, 5.74) is 0. The second-order valence-electron chi connectivity index (χ2n) is 2.63. The molecule has 0 aliphatic heterocycles. The molecule has 0 unspecified atom stereocenters. The van der Waals surface area contributed by atoms with Gasteiger partial charge in [0, 0.05) is 22.2 Å². The van der Waals surface area contributed by atoms with Gasteiger partial charge < -0.3 is 5.32 Å². The molecule has 0 amide bonds. The van der Waals surface area contributed by atoms with Crippen molar-refractivity contribution in [2.45, 2.75) is 6.92 Å². The maximum Gasteiger partial charge on any atom is 0.208 e. The molecule has 0 aliphatic rings. The van der Waals surface area contributed by atoms with Gasteiger partial charge in [-0.15, -0.1) is 0 Å².